The first-order chi connectivity index (χ1) is 17.7. The zero-order valence-corrected chi connectivity index (χ0v) is 22.9. The van der Waals surface area contributed by atoms with Gasteiger partial charge in [-0.25, -0.2) is 0 Å². The van der Waals surface area contributed by atoms with Crippen LogP contribution in [-0.4, -0.2) is 35.9 Å². The van der Waals surface area contributed by atoms with Crippen LogP contribution >= 0.6 is 11.6 Å². The summed E-state index contributed by atoms with van der Waals surface area (Å²) in [6.07, 6.45) is 1.20. The van der Waals surface area contributed by atoms with E-state index in [2.05, 4.69) is 26.1 Å². The molecule has 0 saturated heterocycles. The maximum atomic E-state index is 13.6. The summed E-state index contributed by atoms with van der Waals surface area (Å²) in [6, 6.07) is 24.2. The van der Waals surface area contributed by atoms with Crippen molar-refractivity contribution in [3.8, 4) is 5.75 Å². The lowest BCUT2D eigenvalue weighted by atomic mass is 9.87. The first-order valence-electron chi connectivity index (χ1n) is 12.8. The normalized spacial score (nSPS) is 12.0. The van der Waals surface area contributed by atoms with Crippen LogP contribution in [0.15, 0.2) is 78.9 Å². The summed E-state index contributed by atoms with van der Waals surface area (Å²) in [4.78, 5) is 28.6. The molecule has 1 atom stereocenters. The Kier molecular flexibility index (Phi) is 10.2. The van der Waals surface area contributed by atoms with Gasteiger partial charge in [0.15, 0.2) is 6.61 Å². The minimum Gasteiger partial charge on any atom is -0.484 e. The fourth-order valence-corrected chi connectivity index (χ4v) is 4.24. The van der Waals surface area contributed by atoms with Gasteiger partial charge in [0.2, 0.25) is 5.91 Å². The molecule has 0 radical (unpaired) electrons. The van der Waals surface area contributed by atoms with Gasteiger partial charge in [-0.1, -0.05) is 93.9 Å². The highest BCUT2D eigenvalue weighted by atomic mass is 35.5. The van der Waals surface area contributed by atoms with Gasteiger partial charge in [0.05, 0.1) is 0 Å². The molecule has 2 amide bonds. The molecule has 0 aliphatic heterocycles. The third-order valence-corrected chi connectivity index (χ3v) is 6.38. The van der Waals surface area contributed by atoms with Crippen LogP contribution in [0.25, 0.3) is 0 Å². The summed E-state index contributed by atoms with van der Waals surface area (Å²) in [5, 5.41) is 3.56. The van der Waals surface area contributed by atoms with E-state index in [1.54, 1.807) is 11.0 Å². The Bertz CT molecular complexity index is 1160. The fraction of sp³-hybridized carbons (Fsp3) is 0.355. The Balaban J connectivity index is 1.86. The number of benzene rings is 3. The fourth-order valence-electron chi connectivity index (χ4n) is 4.03. The van der Waals surface area contributed by atoms with Crippen molar-refractivity contribution in [1.29, 1.82) is 0 Å². The van der Waals surface area contributed by atoms with E-state index in [0.29, 0.717) is 23.7 Å². The standard InChI is InChI=1S/C31H37ClN2O3/c1-5-18-33-30(36)28(20-23-10-7-6-8-11-23)34(21-24-12-9-13-26(32)19-24)29(35)22-37-27-16-14-25(15-17-27)31(2,3)4/h6-17,19,28H,5,18,20-22H2,1-4H3,(H,33,36)/t28-/m1/s1. The SMILES string of the molecule is CCCNC(=O)[C@@H](Cc1ccccc1)N(Cc1cccc(Cl)c1)C(=O)COc1ccc(C(C)(C)C)cc1. The van der Waals surface area contributed by atoms with Crippen LogP contribution in [-0.2, 0) is 28.0 Å². The highest BCUT2D eigenvalue weighted by molar-refractivity contribution is 6.30. The summed E-state index contributed by atoms with van der Waals surface area (Å²) in [5.41, 5.74) is 3.03. The lowest BCUT2D eigenvalue weighted by Gasteiger charge is -2.31. The number of ether oxygens (including phenoxy) is 1. The van der Waals surface area contributed by atoms with Crippen LogP contribution in [0.2, 0.25) is 5.02 Å². The molecule has 3 aromatic carbocycles. The Morgan fingerprint density at radius 2 is 1.62 bits per heavy atom. The Hall–Kier alpha value is -3.31. The molecular weight excluding hydrogens is 484 g/mol. The van der Waals surface area contributed by atoms with Crippen molar-refractivity contribution in [3.63, 3.8) is 0 Å². The third kappa shape index (κ3) is 8.64. The average Bonchev–Trinajstić information content (AvgIpc) is 2.88. The van der Waals surface area contributed by atoms with E-state index >= 15 is 0 Å². The second-order valence-corrected chi connectivity index (χ2v) is 10.6. The molecule has 0 spiro atoms. The molecule has 0 aliphatic rings. The highest BCUT2D eigenvalue weighted by Gasteiger charge is 2.30. The predicted molar refractivity (Wildman–Crippen MR) is 150 cm³/mol. The van der Waals surface area contributed by atoms with E-state index in [-0.39, 0.29) is 30.4 Å². The Morgan fingerprint density at radius 1 is 0.946 bits per heavy atom. The molecule has 0 unspecified atom stereocenters. The van der Waals surface area contributed by atoms with Crippen molar-refractivity contribution in [2.75, 3.05) is 13.2 Å². The molecular formula is C31H37ClN2O3. The molecule has 3 rings (SSSR count). The van der Waals surface area contributed by atoms with Crippen LogP contribution in [0.5, 0.6) is 5.75 Å². The van der Waals surface area contributed by atoms with Gasteiger partial charge in [0, 0.05) is 24.5 Å². The topological polar surface area (TPSA) is 58.6 Å². The summed E-state index contributed by atoms with van der Waals surface area (Å²) < 4.78 is 5.89. The zero-order valence-electron chi connectivity index (χ0n) is 22.2. The Morgan fingerprint density at radius 3 is 2.24 bits per heavy atom. The summed E-state index contributed by atoms with van der Waals surface area (Å²) in [6.45, 7) is 9.05. The van der Waals surface area contributed by atoms with Crippen LogP contribution < -0.4 is 10.1 Å². The van der Waals surface area contributed by atoms with E-state index in [4.69, 9.17) is 16.3 Å². The van der Waals surface area contributed by atoms with Crippen molar-refractivity contribution in [2.45, 2.75) is 58.5 Å². The largest absolute Gasteiger partial charge is 0.484 e. The lowest BCUT2D eigenvalue weighted by molar-refractivity contribution is -0.142. The van der Waals surface area contributed by atoms with Gasteiger partial charge in [0.25, 0.3) is 5.91 Å². The van der Waals surface area contributed by atoms with E-state index in [1.807, 2.05) is 79.7 Å². The van der Waals surface area contributed by atoms with E-state index in [0.717, 1.165) is 17.5 Å². The van der Waals surface area contributed by atoms with Crippen molar-refractivity contribution in [3.05, 3.63) is 101 Å². The molecule has 0 bridgehead atoms. The van der Waals surface area contributed by atoms with Crippen LogP contribution in [0.3, 0.4) is 0 Å². The predicted octanol–water partition coefficient (Wildman–Crippen LogP) is 6.18. The van der Waals surface area contributed by atoms with Gasteiger partial charge >= 0.3 is 0 Å². The minimum absolute atomic E-state index is 0.0264. The van der Waals surface area contributed by atoms with Gasteiger partial charge in [-0.2, -0.15) is 0 Å². The number of carbonyl (C=O) groups excluding carboxylic acids is 2. The number of rotatable bonds is 11. The molecule has 0 heterocycles. The number of hydrogen-bond donors (Lipinski definition) is 1. The summed E-state index contributed by atoms with van der Waals surface area (Å²) in [5.74, 6) is 0.155. The van der Waals surface area contributed by atoms with Crippen molar-refractivity contribution < 1.29 is 14.3 Å². The van der Waals surface area contributed by atoms with Gasteiger partial charge < -0.3 is 15.0 Å². The van der Waals surface area contributed by atoms with Crippen LogP contribution in [0, 0.1) is 0 Å². The quantitative estimate of drug-likeness (QED) is 0.328. The first-order valence-corrected chi connectivity index (χ1v) is 13.1. The first kappa shape index (κ1) is 28.3. The molecule has 37 heavy (non-hydrogen) atoms. The van der Waals surface area contributed by atoms with Gasteiger partial charge in [-0.3, -0.25) is 9.59 Å². The highest BCUT2D eigenvalue weighted by Crippen LogP contribution is 2.24. The molecule has 0 saturated carbocycles. The molecule has 3 aromatic rings. The molecule has 6 heteroatoms. The van der Waals surface area contributed by atoms with Gasteiger partial charge in [0.1, 0.15) is 11.8 Å². The number of carbonyl (C=O) groups is 2. The monoisotopic (exact) mass is 520 g/mol. The third-order valence-electron chi connectivity index (χ3n) is 6.14. The van der Waals surface area contributed by atoms with E-state index < -0.39 is 6.04 Å². The summed E-state index contributed by atoms with van der Waals surface area (Å²) in [7, 11) is 0. The second kappa shape index (κ2) is 13.3. The van der Waals surface area contributed by atoms with Crippen molar-refractivity contribution in [1.82, 2.24) is 10.2 Å². The van der Waals surface area contributed by atoms with Crippen molar-refractivity contribution in [2.24, 2.45) is 0 Å². The van der Waals surface area contributed by atoms with Crippen molar-refractivity contribution >= 4 is 23.4 Å². The van der Waals surface area contributed by atoms with Crippen LogP contribution in [0.1, 0.15) is 50.8 Å². The average molecular weight is 521 g/mol. The smallest absolute Gasteiger partial charge is 0.261 e. The van der Waals surface area contributed by atoms with E-state index in [1.165, 1.54) is 5.56 Å². The molecule has 0 aliphatic carbocycles. The molecule has 1 N–H and O–H groups in total. The van der Waals surface area contributed by atoms with Gasteiger partial charge in [-0.15, -0.1) is 0 Å². The summed E-state index contributed by atoms with van der Waals surface area (Å²) >= 11 is 6.23. The van der Waals surface area contributed by atoms with Crippen LogP contribution in [0.4, 0.5) is 0 Å². The molecule has 196 valence electrons. The van der Waals surface area contributed by atoms with E-state index in [9.17, 15) is 9.59 Å². The zero-order chi connectivity index (χ0) is 26.8. The molecule has 0 fully saturated rings. The minimum atomic E-state index is -0.702. The van der Waals surface area contributed by atoms with Gasteiger partial charge in [-0.05, 0) is 52.8 Å². The number of halogens is 1. The number of amides is 2. The number of hydrogen-bond acceptors (Lipinski definition) is 3. The lowest BCUT2D eigenvalue weighted by Crippen LogP contribution is -2.51. The number of nitrogens with zero attached hydrogens (tertiary/aromatic N) is 1. The maximum Gasteiger partial charge on any atom is 0.261 e. The molecule has 0 aromatic heterocycles. The second-order valence-electron chi connectivity index (χ2n) is 10.2. The molecule has 5 nitrogen and oxygen atoms in total. The maximum absolute atomic E-state index is 13.6. The Labute approximate surface area is 225 Å². The number of nitrogens with one attached hydrogen (secondary N) is 1.